The molecular formula is C15H22FNO2S. The lowest BCUT2D eigenvalue weighted by molar-refractivity contribution is 0.220. The highest BCUT2D eigenvalue weighted by Gasteiger charge is 2.34. The second-order valence-corrected chi connectivity index (χ2v) is 7.79. The highest BCUT2D eigenvalue weighted by molar-refractivity contribution is 7.89. The number of hydrogen-bond donors (Lipinski definition) is 0. The molecule has 0 bridgehead atoms. The standard InChI is InChI=1S/C15H22FNO2S/c1-10-5-6-17(13(4)7-10)20(18,19)15-11(2)8-14(16)9-12(15)3/h8-10,13H,5-7H2,1-4H3. The maximum atomic E-state index is 13.4. The van der Waals surface area contributed by atoms with E-state index < -0.39 is 10.0 Å². The molecule has 1 aliphatic rings. The van der Waals surface area contributed by atoms with Crippen LogP contribution < -0.4 is 0 Å². The quantitative estimate of drug-likeness (QED) is 0.840. The Kier molecular flexibility index (Phi) is 4.21. The predicted molar refractivity (Wildman–Crippen MR) is 77.6 cm³/mol. The lowest BCUT2D eigenvalue weighted by Gasteiger charge is -2.36. The summed E-state index contributed by atoms with van der Waals surface area (Å²) in [5.74, 6) is 0.158. The smallest absolute Gasteiger partial charge is 0.207 e. The van der Waals surface area contributed by atoms with Crippen LogP contribution in [0.1, 0.15) is 37.8 Å². The van der Waals surface area contributed by atoms with E-state index in [1.807, 2.05) is 6.92 Å². The number of piperidine rings is 1. The predicted octanol–water partition coefficient (Wildman–Crippen LogP) is 3.25. The fourth-order valence-corrected chi connectivity index (χ4v) is 5.24. The topological polar surface area (TPSA) is 37.4 Å². The third-order valence-electron chi connectivity index (χ3n) is 4.07. The summed E-state index contributed by atoms with van der Waals surface area (Å²) in [7, 11) is -3.55. The molecule has 0 radical (unpaired) electrons. The Morgan fingerprint density at radius 1 is 1.20 bits per heavy atom. The number of hydrogen-bond acceptors (Lipinski definition) is 2. The minimum Gasteiger partial charge on any atom is -0.207 e. The van der Waals surface area contributed by atoms with Gasteiger partial charge in [-0.05, 0) is 62.8 Å². The van der Waals surface area contributed by atoms with Gasteiger partial charge in [-0.25, -0.2) is 12.8 Å². The molecule has 1 heterocycles. The molecule has 1 saturated heterocycles. The van der Waals surface area contributed by atoms with E-state index in [-0.39, 0.29) is 16.8 Å². The van der Waals surface area contributed by atoms with Gasteiger partial charge >= 0.3 is 0 Å². The van der Waals surface area contributed by atoms with Crippen molar-refractivity contribution in [3.63, 3.8) is 0 Å². The Morgan fingerprint density at radius 3 is 2.25 bits per heavy atom. The van der Waals surface area contributed by atoms with Crippen molar-refractivity contribution in [2.45, 2.75) is 51.5 Å². The molecule has 0 saturated carbocycles. The van der Waals surface area contributed by atoms with Gasteiger partial charge in [0.1, 0.15) is 5.82 Å². The molecule has 0 amide bonds. The summed E-state index contributed by atoms with van der Waals surface area (Å²) < 4.78 is 40.6. The van der Waals surface area contributed by atoms with Gasteiger partial charge in [0.25, 0.3) is 0 Å². The van der Waals surface area contributed by atoms with Crippen molar-refractivity contribution in [3.8, 4) is 0 Å². The summed E-state index contributed by atoms with van der Waals surface area (Å²) in [6, 6.07) is 2.57. The molecule has 1 fully saturated rings. The Labute approximate surface area is 120 Å². The van der Waals surface area contributed by atoms with Crippen LogP contribution in [0.25, 0.3) is 0 Å². The number of halogens is 1. The van der Waals surface area contributed by atoms with Gasteiger partial charge in [-0.2, -0.15) is 4.31 Å². The van der Waals surface area contributed by atoms with Crippen molar-refractivity contribution < 1.29 is 12.8 Å². The number of sulfonamides is 1. The van der Waals surface area contributed by atoms with Crippen LogP contribution >= 0.6 is 0 Å². The second-order valence-electron chi connectivity index (χ2n) is 5.96. The number of rotatable bonds is 2. The summed E-state index contributed by atoms with van der Waals surface area (Å²) in [6.07, 6.45) is 1.75. The first-order chi connectivity index (χ1) is 9.23. The van der Waals surface area contributed by atoms with Crippen LogP contribution in [0.4, 0.5) is 4.39 Å². The van der Waals surface area contributed by atoms with Crippen LogP contribution in [0.15, 0.2) is 17.0 Å². The van der Waals surface area contributed by atoms with E-state index in [1.54, 1.807) is 18.2 Å². The highest BCUT2D eigenvalue weighted by atomic mass is 32.2. The molecule has 0 spiro atoms. The zero-order chi connectivity index (χ0) is 15.1. The monoisotopic (exact) mass is 299 g/mol. The average molecular weight is 299 g/mol. The minimum atomic E-state index is -3.55. The van der Waals surface area contributed by atoms with Gasteiger partial charge in [0, 0.05) is 12.6 Å². The summed E-state index contributed by atoms with van der Waals surface area (Å²) in [6.45, 7) is 7.94. The van der Waals surface area contributed by atoms with Crippen LogP contribution in [-0.4, -0.2) is 25.3 Å². The third-order valence-corrected chi connectivity index (χ3v) is 6.39. The molecule has 1 aromatic rings. The van der Waals surface area contributed by atoms with Crippen molar-refractivity contribution >= 4 is 10.0 Å². The Morgan fingerprint density at radius 2 is 1.75 bits per heavy atom. The first-order valence-electron chi connectivity index (χ1n) is 7.02. The molecule has 20 heavy (non-hydrogen) atoms. The molecular weight excluding hydrogens is 277 g/mol. The number of benzene rings is 1. The fourth-order valence-electron chi connectivity index (χ4n) is 3.16. The van der Waals surface area contributed by atoms with Gasteiger partial charge in [0.15, 0.2) is 0 Å². The first kappa shape index (κ1) is 15.4. The van der Waals surface area contributed by atoms with Gasteiger partial charge in [-0.1, -0.05) is 6.92 Å². The van der Waals surface area contributed by atoms with Crippen LogP contribution in [0, 0.1) is 25.6 Å². The maximum Gasteiger partial charge on any atom is 0.243 e. The van der Waals surface area contributed by atoms with Crippen molar-refractivity contribution in [3.05, 3.63) is 29.1 Å². The van der Waals surface area contributed by atoms with E-state index in [1.165, 1.54) is 12.1 Å². The lowest BCUT2D eigenvalue weighted by atomic mass is 9.95. The van der Waals surface area contributed by atoms with Crippen LogP contribution in [-0.2, 0) is 10.0 Å². The summed E-state index contributed by atoms with van der Waals surface area (Å²) >= 11 is 0. The van der Waals surface area contributed by atoms with Crippen LogP contribution in [0.3, 0.4) is 0 Å². The molecule has 112 valence electrons. The van der Waals surface area contributed by atoms with E-state index in [0.717, 1.165) is 12.8 Å². The van der Waals surface area contributed by atoms with Crippen LogP contribution in [0.5, 0.6) is 0 Å². The normalized spacial score (nSPS) is 24.9. The van der Waals surface area contributed by atoms with Gasteiger partial charge in [-0.3, -0.25) is 0 Å². The van der Waals surface area contributed by atoms with E-state index in [0.29, 0.717) is 23.6 Å². The second kappa shape index (κ2) is 5.45. The van der Waals surface area contributed by atoms with Crippen molar-refractivity contribution in [1.82, 2.24) is 4.31 Å². The first-order valence-corrected chi connectivity index (χ1v) is 8.46. The molecule has 2 atom stereocenters. The van der Waals surface area contributed by atoms with E-state index in [9.17, 15) is 12.8 Å². The van der Waals surface area contributed by atoms with Crippen LogP contribution in [0.2, 0.25) is 0 Å². The lowest BCUT2D eigenvalue weighted by Crippen LogP contribution is -2.44. The molecule has 2 rings (SSSR count). The van der Waals surface area contributed by atoms with E-state index in [4.69, 9.17) is 0 Å². The number of nitrogens with zero attached hydrogens (tertiary/aromatic N) is 1. The Bertz CT molecular complexity index is 589. The maximum absolute atomic E-state index is 13.4. The Balaban J connectivity index is 2.46. The third kappa shape index (κ3) is 2.74. The molecule has 1 aromatic carbocycles. The van der Waals surface area contributed by atoms with Gasteiger partial charge in [0.05, 0.1) is 4.90 Å². The summed E-state index contributed by atoms with van der Waals surface area (Å²) in [5.41, 5.74) is 0.960. The van der Waals surface area contributed by atoms with Crippen molar-refractivity contribution in [1.29, 1.82) is 0 Å². The molecule has 3 nitrogen and oxygen atoms in total. The molecule has 5 heteroatoms. The van der Waals surface area contributed by atoms with E-state index >= 15 is 0 Å². The van der Waals surface area contributed by atoms with E-state index in [2.05, 4.69) is 6.92 Å². The van der Waals surface area contributed by atoms with Gasteiger partial charge < -0.3 is 0 Å². The largest absolute Gasteiger partial charge is 0.243 e. The van der Waals surface area contributed by atoms with Crippen molar-refractivity contribution in [2.24, 2.45) is 5.92 Å². The Hall–Kier alpha value is -0.940. The summed E-state index contributed by atoms with van der Waals surface area (Å²) in [5, 5.41) is 0. The fraction of sp³-hybridized carbons (Fsp3) is 0.600. The minimum absolute atomic E-state index is 0.00685. The van der Waals surface area contributed by atoms with Gasteiger partial charge in [0.2, 0.25) is 10.0 Å². The molecule has 0 N–H and O–H groups in total. The number of aryl methyl sites for hydroxylation is 2. The summed E-state index contributed by atoms with van der Waals surface area (Å²) in [4.78, 5) is 0.264. The average Bonchev–Trinajstić information content (AvgIpc) is 2.25. The molecule has 2 unspecified atom stereocenters. The molecule has 0 aliphatic carbocycles. The zero-order valence-corrected chi connectivity index (χ0v) is 13.3. The van der Waals surface area contributed by atoms with Gasteiger partial charge in [-0.15, -0.1) is 0 Å². The molecule has 0 aromatic heterocycles. The highest BCUT2D eigenvalue weighted by Crippen LogP contribution is 2.31. The van der Waals surface area contributed by atoms with Crippen molar-refractivity contribution in [2.75, 3.05) is 6.54 Å². The SMILES string of the molecule is Cc1cc(F)cc(C)c1S(=O)(=O)N1CCC(C)CC1C. The zero-order valence-electron chi connectivity index (χ0n) is 12.5. The molecule has 1 aliphatic heterocycles.